The number of hydrogen-bond donors (Lipinski definition) is 2. The molecule has 0 fully saturated rings. The summed E-state index contributed by atoms with van der Waals surface area (Å²) in [6, 6.07) is 3.68. The number of nitrogen functional groups attached to an aromatic ring is 1. The van der Waals surface area contributed by atoms with E-state index in [2.05, 4.69) is 0 Å². The van der Waals surface area contributed by atoms with E-state index in [1.54, 1.807) is 0 Å². The van der Waals surface area contributed by atoms with Crippen molar-refractivity contribution in [3.63, 3.8) is 0 Å². The SMILES string of the molecule is NCc1cc(N)c2c(c1)OCCO2. The van der Waals surface area contributed by atoms with Gasteiger partial charge >= 0.3 is 0 Å². The Kier molecular flexibility index (Phi) is 1.98. The van der Waals surface area contributed by atoms with Gasteiger partial charge in [0.15, 0.2) is 11.5 Å². The average molecular weight is 180 g/mol. The molecule has 0 aliphatic carbocycles. The molecule has 1 aliphatic heterocycles. The van der Waals surface area contributed by atoms with Gasteiger partial charge in [0.2, 0.25) is 0 Å². The lowest BCUT2D eigenvalue weighted by Crippen LogP contribution is -2.17. The first-order valence-electron chi connectivity index (χ1n) is 4.19. The van der Waals surface area contributed by atoms with Gasteiger partial charge in [-0.1, -0.05) is 0 Å². The lowest BCUT2D eigenvalue weighted by Gasteiger charge is -2.20. The summed E-state index contributed by atoms with van der Waals surface area (Å²) in [6.45, 7) is 1.58. The molecule has 13 heavy (non-hydrogen) atoms. The number of nitrogens with two attached hydrogens (primary N) is 2. The van der Waals surface area contributed by atoms with Crippen LogP contribution in [-0.4, -0.2) is 13.2 Å². The molecule has 0 amide bonds. The number of ether oxygens (including phenoxy) is 2. The highest BCUT2D eigenvalue weighted by atomic mass is 16.6. The summed E-state index contributed by atoms with van der Waals surface area (Å²) in [7, 11) is 0. The predicted molar refractivity (Wildman–Crippen MR) is 49.7 cm³/mol. The Labute approximate surface area is 76.4 Å². The molecule has 0 unspecified atom stereocenters. The van der Waals surface area contributed by atoms with Gasteiger partial charge in [-0.25, -0.2) is 0 Å². The van der Waals surface area contributed by atoms with E-state index >= 15 is 0 Å². The van der Waals surface area contributed by atoms with Gasteiger partial charge in [0.1, 0.15) is 13.2 Å². The van der Waals surface area contributed by atoms with Crippen molar-refractivity contribution in [3.05, 3.63) is 17.7 Å². The van der Waals surface area contributed by atoms with E-state index in [9.17, 15) is 0 Å². The number of rotatable bonds is 1. The summed E-state index contributed by atoms with van der Waals surface area (Å²) >= 11 is 0. The van der Waals surface area contributed by atoms with Gasteiger partial charge in [0.05, 0.1) is 5.69 Å². The third-order valence-corrected chi connectivity index (χ3v) is 1.97. The quantitative estimate of drug-likeness (QED) is 0.617. The van der Waals surface area contributed by atoms with E-state index in [1.165, 1.54) is 0 Å². The van der Waals surface area contributed by atoms with Crippen LogP contribution < -0.4 is 20.9 Å². The average Bonchev–Trinajstić information content (AvgIpc) is 2.18. The molecule has 70 valence electrons. The topological polar surface area (TPSA) is 70.5 Å². The molecule has 1 aromatic rings. The fourth-order valence-corrected chi connectivity index (χ4v) is 1.36. The van der Waals surface area contributed by atoms with Crippen LogP contribution in [0.3, 0.4) is 0 Å². The third kappa shape index (κ3) is 1.40. The molecule has 4 nitrogen and oxygen atoms in total. The van der Waals surface area contributed by atoms with Crippen molar-refractivity contribution in [2.75, 3.05) is 18.9 Å². The second-order valence-corrected chi connectivity index (χ2v) is 2.91. The fourth-order valence-electron chi connectivity index (χ4n) is 1.36. The predicted octanol–water partition coefficient (Wildman–Crippen LogP) is 0.499. The van der Waals surface area contributed by atoms with Crippen LogP contribution in [-0.2, 0) is 6.54 Å². The maximum atomic E-state index is 5.76. The summed E-state index contributed by atoms with van der Waals surface area (Å²) in [5, 5.41) is 0. The lowest BCUT2D eigenvalue weighted by atomic mass is 10.1. The number of benzene rings is 1. The van der Waals surface area contributed by atoms with Crippen molar-refractivity contribution in [1.29, 1.82) is 0 Å². The molecular weight excluding hydrogens is 168 g/mol. The van der Waals surface area contributed by atoms with Crippen LogP contribution in [0.25, 0.3) is 0 Å². The molecule has 0 radical (unpaired) electrons. The van der Waals surface area contributed by atoms with Crippen LogP contribution in [0.15, 0.2) is 12.1 Å². The number of anilines is 1. The summed E-state index contributed by atoms with van der Waals surface area (Å²) in [5.41, 5.74) is 12.8. The van der Waals surface area contributed by atoms with E-state index < -0.39 is 0 Å². The van der Waals surface area contributed by atoms with Gasteiger partial charge < -0.3 is 20.9 Å². The molecule has 2 rings (SSSR count). The zero-order chi connectivity index (χ0) is 9.26. The van der Waals surface area contributed by atoms with E-state index in [4.69, 9.17) is 20.9 Å². The maximum Gasteiger partial charge on any atom is 0.184 e. The Bertz CT molecular complexity index is 326. The Morgan fingerprint density at radius 1 is 1.23 bits per heavy atom. The Morgan fingerprint density at radius 2 is 2.00 bits per heavy atom. The van der Waals surface area contributed by atoms with E-state index in [0.29, 0.717) is 36.9 Å². The van der Waals surface area contributed by atoms with Crippen LogP contribution in [0.1, 0.15) is 5.56 Å². The zero-order valence-corrected chi connectivity index (χ0v) is 7.25. The minimum Gasteiger partial charge on any atom is -0.486 e. The first-order valence-corrected chi connectivity index (χ1v) is 4.19. The van der Waals surface area contributed by atoms with Gasteiger partial charge in [-0.15, -0.1) is 0 Å². The molecule has 4 N–H and O–H groups in total. The molecule has 0 saturated heterocycles. The van der Waals surface area contributed by atoms with Gasteiger partial charge in [0.25, 0.3) is 0 Å². The van der Waals surface area contributed by atoms with Gasteiger partial charge in [0, 0.05) is 6.54 Å². The molecule has 0 bridgehead atoms. The molecule has 1 heterocycles. The maximum absolute atomic E-state index is 5.76. The van der Waals surface area contributed by atoms with Crippen molar-refractivity contribution < 1.29 is 9.47 Å². The normalized spacial score (nSPS) is 14.2. The van der Waals surface area contributed by atoms with Crippen LogP contribution in [0.4, 0.5) is 5.69 Å². The fraction of sp³-hybridized carbons (Fsp3) is 0.333. The first-order chi connectivity index (χ1) is 6.31. The highest BCUT2D eigenvalue weighted by Gasteiger charge is 2.15. The van der Waals surface area contributed by atoms with E-state index in [-0.39, 0.29) is 0 Å². The summed E-state index contributed by atoms with van der Waals surface area (Å²) in [6.07, 6.45) is 0. The molecule has 0 saturated carbocycles. The smallest absolute Gasteiger partial charge is 0.184 e. The number of fused-ring (bicyclic) bond motifs is 1. The van der Waals surface area contributed by atoms with Crippen molar-refractivity contribution in [3.8, 4) is 11.5 Å². The van der Waals surface area contributed by atoms with Crippen molar-refractivity contribution in [2.24, 2.45) is 5.73 Å². The monoisotopic (exact) mass is 180 g/mol. The standard InChI is InChI=1S/C9H12N2O2/c10-5-6-3-7(11)9-8(4-6)12-1-2-13-9/h3-4H,1-2,5,10-11H2. The van der Waals surface area contributed by atoms with Gasteiger partial charge in [-0.3, -0.25) is 0 Å². The minimum absolute atomic E-state index is 0.459. The molecule has 1 aliphatic rings. The zero-order valence-electron chi connectivity index (χ0n) is 7.25. The Hall–Kier alpha value is -1.42. The van der Waals surface area contributed by atoms with Crippen molar-refractivity contribution >= 4 is 5.69 Å². The first kappa shape index (κ1) is 8.19. The van der Waals surface area contributed by atoms with Crippen molar-refractivity contribution in [1.82, 2.24) is 0 Å². The summed E-state index contributed by atoms with van der Waals surface area (Å²) in [4.78, 5) is 0. The van der Waals surface area contributed by atoms with Crippen LogP contribution in [0.5, 0.6) is 11.5 Å². The van der Waals surface area contributed by atoms with Crippen molar-refractivity contribution in [2.45, 2.75) is 6.54 Å². The summed E-state index contributed by atoms with van der Waals surface area (Å²) < 4.78 is 10.7. The van der Waals surface area contributed by atoms with E-state index in [0.717, 1.165) is 5.56 Å². The summed E-state index contributed by atoms with van der Waals surface area (Å²) in [5.74, 6) is 1.34. The second-order valence-electron chi connectivity index (χ2n) is 2.91. The lowest BCUT2D eigenvalue weighted by molar-refractivity contribution is 0.172. The molecule has 1 aromatic carbocycles. The Balaban J connectivity index is 2.47. The number of hydrogen-bond acceptors (Lipinski definition) is 4. The van der Waals surface area contributed by atoms with Crippen LogP contribution in [0.2, 0.25) is 0 Å². The van der Waals surface area contributed by atoms with E-state index in [1.807, 2.05) is 12.1 Å². The third-order valence-electron chi connectivity index (χ3n) is 1.97. The van der Waals surface area contributed by atoms with Gasteiger partial charge in [-0.2, -0.15) is 0 Å². The van der Waals surface area contributed by atoms with Gasteiger partial charge in [-0.05, 0) is 17.7 Å². The molecule has 0 aromatic heterocycles. The highest BCUT2D eigenvalue weighted by Crippen LogP contribution is 2.36. The second kappa shape index (κ2) is 3.14. The van der Waals surface area contributed by atoms with Crippen LogP contribution >= 0.6 is 0 Å². The highest BCUT2D eigenvalue weighted by molar-refractivity contribution is 5.62. The molecule has 0 atom stereocenters. The molecule has 4 heteroatoms. The molecule has 0 spiro atoms. The largest absolute Gasteiger partial charge is 0.486 e. The van der Waals surface area contributed by atoms with Crippen LogP contribution in [0, 0.1) is 0 Å². The minimum atomic E-state index is 0.459. The Morgan fingerprint density at radius 3 is 2.77 bits per heavy atom. The molecular formula is C9H12N2O2.